The third kappa shape index (κ3) is 3.96. The molecule has 2 aromatic carbocycles. The Hall–Kier alpha value is -2.05. The number of nitrogens with two attached hydrogens (primary N) is 1. The molecule has 0 aliphatic carbocycles. The van der Waals surface area contributed by atoms with Gasteiger partial charge in [-0.3, -0.25) is 4.79 Å². The summed E-state index contributed by atoms with van der Waals surface area (Å²) in [7, 11) is 0. The molecule has 0 spiro atoms. The van der Waals surface area contributed by atoms with Crippen molar-refractivity contribution in [2.45, 2.75) is 37.3 Å². The maximum Gasteiger partial charge on any atom is 0.237 e. The first kappa shape index (κ1) is 17.8. The molecule has 3 rings (SSSR count). The van der Waals surface area contributed by atoms with E-state index in [1.807, 2.05) is 39.0 Å². The first-order valence-corrected chi connectivity index (χ1v) is 9.74. The fourth-order valence-electron chi connectivity index (χ4n) is 2.78. The molecule has 0 radical (unpaired) electrons. The van der Waals surface area contributed by atoms with Gasteiger partial charge < -0.3 is 11.1 Å². The van der Waals surface area contributed by atoms with E-state index in [0.29, 0.717) is 0 Å². The number of hydrogen-bond acceptors (Lipinski definition) is 5. The first-order valence-electron chi connectivity index (χ1n) is 8.05. The zero-order valence-electron chi connectivity index (χ0n) is 14.7. The zero-order chi connectivity index (χ0) is 18.1. The molecule has 1 amide bonds. The Morgan fingerprint density at radius 3 is 2.56 bits per heavy atom. The highest BCUT2D eigenvalue weighted by molar-refractivity contribution is 8.02. The van der Waals surface area contributed by atoms with E-state index >= 15 is 0 Å². The van der Waals surface area contributed by atoms with Gasteiger partial charge in [0.1, 0.15) is 0 Å². The summed E-state index contributed by atoms with van der Waals surface area (Å²) >= 11 is 3.04. The van der Waals surface area contributed by atoms with Crippen molar-refractivity contribution in [2.75, 3.05) is 11.1 Å². The molecule has 3 aromatic rings. The summed E-state index contributed by atoms with van der Waals surface area (Å²) in [4.78, 5) is 17.2. The van der Waals surface area contributed by atoms with E-state index in [9.17, 15) is 4.79 Å². The maximum absolute atomic E-state index is 12.6. The van der Waals surface area contributed by atoms with Gasteiger partial charge in [-0.15, -0.1) is 11.3 Å². The van der Waals surface area contributed by atoms with Crippen molar-refractivity contribution in [3.05, 3.63) is 47.0 Å². The van der Waals surface area contributed by atoms with Crippen LogP contribution in [0.4, 0.5) is 11.4 Å². The van der Waals surface area contributed by atoms with E-state index in [0.717, 1.165) is 37.1 Å². The van der Waals surface area contributed by atoms with E-state index in [2.05, 4.69) is 29.4 Å². The maximum atomic E-state index is 12.6. The molecule has 0 fully saturated rings. The number of hydrogen-bond donors (Lipinski definition) is 2. The summed E-state index contributed by atoms with van der Waals surface area (Å²) in [6.07, 6.45) is 0. The summed E-state index contributed by atoms with van der Waals surface area (Å²) in [5, 5.41) is 2.83. The molecular weight excluding hydrogens is 350 g/mol. The fraction of sp³-hybridized carbons (Fsp3) is 0.263. The van der Waals surface area contributed by atoms with Crippen LogP contribution in [0.1, 0.15) is 23.6 Å². The number of fused-ring (bicyclic) bond motifs is 1. The number of anilines is 2. The second-order valence-corrected chi connectivity index (χ2v) is 8.85. The van der Waals surface area contributed by atoms with E-state index in [1.165, 1.54) is 17.3 Å². The standard InChI is InChI=1S/C19H21N3OS2/c1-10-7-11(2)17(12(3)8-10)22-18(23)13(4)24-19-21-15-6-5-14(20)9-16(15)25-19/h5-9,13H,20H2,1-4H3,(H,22,23)/t13-/m1/s1. The SMILES string of the molecule is Cc1cc(C)c(NC(=O)[C@@H](C)Sc2nc3ccc(N)cc3s2)c(C)c1. The predicted octanol–water partition coefficient (Wildman–Crippen LogP) is 4.92. The smallest absolute Gasteiger partial charge is 0.237 e. The highest BCUT2D eigenvalue weighted by Gasteiger charge is 2.18. The van der Waals surface area contributed by atoms with Gasteiger partial charge in [0.2, 0.25) is 5.91 Å². The van der Waals surface area contributed by atoms with Crippen molar-refractivity contribution in [1.82, 2.24) is 4.98 Å². The van der Waals surface area contributed by atoms with Crippen molar-refractivity contribution < 1.29 is 4.79 Å². The van der Waals surface area contributed by atoms with Crippen LogP contribution in [-0.2, 0) is 4.79 Å². The van der Waals surface area contributed by atoms with E-state index in [1.54, 1.807) is 11.3 Å². The number of rotatable bonds is 4. The number of aromatic nitrogens is 1. The molecule has 0 saturated heterocycles. The highest BCUT2D eigenvalue weighted by atomic mass is 32.2. The van der Waals surface area contributed by atoms with Crippen LogP contribution in [0.2, 0.25) is 0 Å². The zero-order valence-corrected chi connectivity index (χ0v) is 16.3. The van der Waals surface area contributed by atoms with Gasteiger partial charge in [-0.2, -0.15) is 0 Å². The molecule has 6 heteroatoms. The summed E-state index contributed by atoms with van der Waals surface area (Å²) in [5.74, 6) is -0.0150. The number of carbonyl (C=O) groups is 1. The third-order valence-electron chi connectivity index (χ3n) is 3.96. The molecule has 130 valence electrons. The Morgan fingerprint density at radius 1 is 1.20 bits per heavy atom. The number of aryl methyl sites for hydroxylation is 3. The van der Waals surface area contributed by atoms with Crippen LogP contribution >= 0.6 is 23.1 Å². The van der Waals surface area contributed by atoms with Crippen LogP contribution in [0.15, 0.2) is 34.7 Å². The van der Waals surface area contributed by atoms with Gasteiger partial charge in [-0.25, -0.2) is 4.98 Å². The number of benzene rings is 2. The Labute approximate surface area is 155 Å². The highest BCUT2D eigenvalue weighted by Crippen LogP contribution is 2.33. The minimum absolute atomic E-state index is 0.0150. The lowest BCUT2D eigenvalue weighted by Gasteiger charge is -2.15. The van der Waals surface area contributed by atoms with Crippen LogP contribution in [-0.4, -0.2) is 16.1 Å². The number of thiazole rings is 1. The Morgan fingerprint density at radius 2 is 1.88 bits per heavy atom. The molecule has 1 atom stereocenters. The summed E-state index contributed by atoms with van der Waals surface area (Å²) < 4.78 is 1.92. The van der Waals surface area contributed by atoms with Gasteiger partial charge in [-0.1, -0.05) is 29.5 Å². The second-order valence-electron chi connectivity index (χ2n) is 6.23. The number of nitrogens with zero attached hydrogens (tertiary/aromatic N) is 1. The van der Waals surface area contributed by atoms with Crippen LogP contribution in [0, 0.1) is 20.8 Å². The van der Waals surface area contributed by atoms with Gasteiger partial charge in [0.15, 0.2) is 4.34 Å². The van der Waals surface area contributed by atoms with E-state index < -0.39 is 0 Å². The average Bonchev–Trinajstić information content (AvgIpc) is 2.91. The number of nitrogens with one attached hydrogen (secondary N) is 1. The quantitative estimate of drug-likeness (QED) is 0.504. The van der Waals surface area contributed by atoms with Gasteiger partial charge in [-0.05, 0) is 57.0 Å². The van der Waals surface area contributed by atoms with Crippen LogP contribution < -0.4 is 11.1 Å². The molecule has 0 unspecified atom stereocenters. The molecule has 1 heterocycles. The first-order chi connectivity index (χ1) is 11.8. The number of thioether (sulfide) groups is 1. The minimum Gasteiger partial charge on any atom is -0.399 e. The normalized spacial score (nSPS) is 12.3. The second kappa shape index (κ2) is 7.06. The van der Waals surface area contributed by atoms with Gasteiger partial charge in [0.05, 0.1) is 15.5 Å². The van der Waals surface area contributed by atoms with Crippen LogP contribution in [0.25, 0.3) is 10.2 Å². The molecule has 0 aliphatic heterocycles. The molecule has 25 heavy (non-hydrogen) atoms. The fourth-order valence-corrected chi connectivity index (χ4v) is 5.04. The van der Waals surface area contributed by atoms with Crippen molar-refractivity contribution in [3.8, 4) is 0 Å². The van der Waals surface area contributed by atoms with Gasteiger partial charge in [0.25, 0.3) is 0 Å². The monoisotopic (exact) mass is 371 g/mol. The summed E-state index contributed by atoms with van der Waals surface area (Å²) in [6, 6.07) is 9.84. The predicted molar refractivity (Wildman–Crippen MR) is 109 cm³/mol. The molecule has 0 aliphatic rings. The number of nitrogen functional groups attached to an aromatic ring is 1. The van der Waals surface area contributed by atoms with E-state index in [-0.39, 0.29) is 11.2 Å². The topological polar surface area (TPSA) is 68.0 Å². The van der Waals surface area contributed by atoms with Crippen LogP contribution in [0.3, 0.4) is 0 Å². The Balaban J connectivity index is 1.74. The average molecular weight is 372 g/mol. The summed E-state index contributed by atoms with van der Waals surface area (Å²) in [5.41, 5.74) is 11.7. The molecular formula is C19H21N3OS2. The van der Waals surface area contributed by atoms with Crippen LogP contribution in [0.5, 0.6) is 0 Å². The minimum atomic E-state index is -0.238. The van der Waals surface area contributed by atoms with Crippen molar-refractivity contribution in [3.63, 3.8) is 0 Å². The van der Waals surface area contributed by atoms with Crippen molar-refractivity contribution in [1.29, 1.82) is 0 Å². The molecule has 1 aromatic heterocycles. The lowest BCUT2D eigenvalue weighted by molar-refractivity contribution is -0.115. The molecule has 4 nitrogen and oxygen atoms in total. The van der Waals surface area contributed by atoms with Gasteiger partial charge in [0, 0.05) is 11.4 Å². The lowest BCUT2D eigenvalue weighted by Crippen LogP contribution is -2.23. The third-order valence-corrected chi connectivity index (χ3v) is 6.18. The molecule has 0 bridgehead atoms. The lowest BCUT2D eigenvalue weighted by atomic mass is 10.1. The van der Waals surface area contributed by atoms with Gasteiger partial charge >= 0.3 is 0 Å². The number of carbonyl (C=O) groups excluding carboxylic acids is 1. The Bertz CT molecular complexity index is 926. The molecule has 3 N–H and O–H groups in total. The van der Waals surface area contributed by atoms with Crippen molar-refractivity contribution in [2.24, 2.45) is 0 Å². The molecule has 0 saturated carbocycles. The number of amides is 1. The van der Waals surface area contributed by atoms with E-state index in [4.69, 9.17) is 5.73 Å². The van der Waals surface area contributed by atoms with Crippen molar-refractivity contribution >= 4 is 50.6 Å². The summed E-state index contributed by atoms with van der Waals surface area (Å²) in [6.45, 7) is 8.00. The Kier molecular flexibility index (Phi) is 5.01. The largest absolute Gasteiger partial charge is 0.399 e.